The van der Waals surface area contributed by atoms with E-state index in [1.54, 1.807) is 0 Å². The molecule has 0 aromatic heterocycles. The second kappa shape index (κ2) is 18.2. The van der Waals surface area contributed by atoms with E-state index < -0.39 is 0 Å². The van der Waals surface area contributed by atoms with Crippen molar-refractivity contribution in [2.75, 3.05) is 0 Å². The minimum absolute atomic E-state index is 1.27. The van der Waals surface area contributed by atoms with E-state index >= 15 is 0 Å². The first-order chi connectivity index (χ1) is 9.41. The Labute approximate surface area is 125 Å². The van der Waals surface area contributed by atoms with Gasteiger partial charge >= 0.3 is 0 Å². The second-order valence-corrected chi connectivity index (χ2v) is 6.20. The summed E-state index contributed by atoms with van der Waals surface area (Å²) in [4.78, 5) is 0. The summed E-state index contributed by atoms with van der Waals surface area (Å²) in [5.41, 5.74) is 0. The van der Waals surface area contributed by atoms with Crippen LogP contribution >= 0.6 is 9.24 Å². The fraction of sp³-hybridized carbons (Fsp3) is 0.889. The van der Waals surface area contributed by atoms with Crippen molar-refractivity contribution in [2.45, 2.75) is 103 Å². The summed E-state index contributed by atoms with van der Waals surface area (Å²) >= 11 is 0. The second-order valence-electron chi connectivity index (χ2n) is 5.81. The third-order valence-electron chi connectivity index (χ3n) is 3.86. The fourth-order valence-electron chi connectivity index (χ4n) is 2.55. The van der Waals surface area contributed by atoms with Gasteiger partial charge in [-0.15, -0.1) is 9.24 Å². The highest BCUT2D eigenvalue weighted by atomic mass is 31.0. The lowest BCUT2D eigenvalue weighted by Crippen LogP contribution is -1.83. The average Bonchev–Trinajstić information content (AvgIpc) is 2.43. The maximum absolute atomic E-state index is 2.65. The van der Waals surface area contributed by atoms with Gasteiger partial charge in [-0.3, -0.25) is 0 Å². The van der Waals surface area contributed by atoms with Crippen LogP contribution in [0.15, 0.2) is 11.9 Å². The summed E-state index contributed by atoms with van der Waals surface area (Å²) in [7, 11) is 2.65. The van der Waals surface area contributed by atoms with Gasteiger partial charge in [0.05, 0.1) is 0 Å². The zero-order valence-corrected chi connectivity index (χ0v) is 14.5. The van der Waals surface area contributed by atoms with Crippen molar-refractivity contribution in [1.82, 2.24) is 0 Å². The molecule has 0 aromatic rings. The standard InChI is InChI=1S/C18H37P/c1-2-3-4-5-6-7-8-9-10-11-12-13-14-15-16-17-18-19/h17-18H,2-16,19H2,1H3/b18-17+. The summed E-state index contributed by atoms with van der Waals surface area (Å²) in [5.74, 6) is 2.09. The van der Waals surface area contributed by atoms with Crippen LogP contribution in [0.3, 0.4) is 0 Å². The number of allylic oxidation sites excluding steroid dienone is 1. The van der Waals surface area contributed by atoms with Gasteiger partial charge in [-0.05, 0) is 12.8 Å². The molecule has 1 unspecified atom stereocenters. The molecule has 0 saturated carbocycles. The highest BCUT2D eigenvalue weighted by Crippen LogP contribution is 2.13. The van der Waals surface area contributed by atoms with E-state index in [1.165, 1.54) is 96.3 Å². The number of hydrogen-bond donors (Lipinski definition) is 0. The zero-order chi connectivity index (χ0) is 14.0. The summed E-state index contributed by atoms with van der Waals surface area (Å²) in [6.45, 7) is 2.29. The molecule has 0 heterocycles. The van der Waals surface area contributed by atoms with Crippen molar-refractivity contribution in [3.8, 4) is 0 Å². The summed E-state index contributed by atoms with van der Waals surface area (Å²) in [6.07, 6.45) is 23.8. The van der Waals surface area contributed by atoms with Crippen LogP contribution < -0.4 is 0 Å². The highest BCUT2D eigenvalue weighted by Gasteiger charge is 1.93. The van der Waals surface area contributed by atoms with E-state index in [4.69, 9.17) is 0 Å². The topological polar surface area (TPSA) is 0 Å². The molecule has 0 radical (unpaired) electrons. The monoisotopic (exact) mass is 284 g/mol. The molecular formula is C18H37P. The van der Waals surface area contributed by atoms with Crippen LogP contribution in [0, 0.1) is 0 Å². The first-order valence-corrected chi connectivity index (χ1v) is 9.45. The Balaban J connectivity index is 2.91. The van der Waals surface area contributed by atoms with Gasteiger partial charge < -0.3 is 0 Å². The molecule has 0 aromatic carbocycles. The molecule has 19 heavy (non-hydrogen) atoms. The molecule has 0 N–H and O–H groups in total. The van der Waals surface area contributed by atoms with E-state index in [0.717, 1.165) is 0 Å². The molecule has 0 aliphatic carbocycles. The average molecular weight is 284 g/mol. The Kier molecular flexibility index (Phi) is 18.3. The van der Waals surface area contributed by atoms with Gasteiger partial charge in [-0.1, -0.05) is 102 Å². The number of rotatable bonds is 15. The molecule has 1 atom stereocenters. The Morgan fingerprint density at radius 2 is 0.947 bits per heavy atom. The summed E-state index contributed by atoms with van der Waals surface area (Å²) in [6, 6.07) is 0. The van der Waals surface area contributed by atoms with E-state index in [-0.39, 0.29) is 0 Å². The van der Waals surface area contributed by atoms with Gasteiger partial charge in [0.25, 0.3) is 0 Å². The van der Waals surface area contributed by atoms with Gasteiger partial charge in [-0.25, -0.2) is 0 Å². The van der Waals surface area contributed by atoms with Crippen LogP contribution in [0.2, 0.25) is 0 Å². The van der Waals surface area contributed by atoms with Crippen LogP contribution in [0.1, 0.15) is 103 Å². The molecule has 0 bridgehead atoms. The largest absolute Gasteiger partial charge is 0.114 e. The first-order valence-electron chi connectivity index (χ1n) is 8.78. The minimum Gasteiger partial charge on any atom is -0.114 e. The van der Waals surface area contributed by atoms with Crippen molar-refractivity contribution in [1.29, 1.82) is 0 Å². The molecule has 0 rings (SSSR count). The predicted molar refractivity (Wildman–Crippen MR) is 93.8 cm³/mol. The van der Waals surface area contributed by atoms with Crippen LogP contribution in [-0.4, -0.2) is 0 Å². The molecule has 0 aliphatic rings. The first kappa shape index (κ1) is 19.2. The number of unbranched alkanes of at least 4 members (excludes halogenated alkanes) is 14. The van der Waals surface area contributed by atoms with Crippen LogP contribution in [0.5, 0.6) is 0 Å². The lowest BCUT2D eigenvalue weighted by atomic mass is 10.0. The molecule has 0 aliphatic heterocycles. The summed E-state index contributed by atoms with van der Waals surface area (Å²) in [5, 5.41) is 0. The Bertz CT molecular complexity index is 175. The van der Waals surface area contributed by atoms with Crippen molar-refractivity contribution >= 4 is 9.24 Å². The van der Waals surface area contributed by atoms with E-state index in [0.29, 0.717) is 0 Å². The zero-order valence-electron chi connectivity index (χ0n) is 13.3. The Hall–Kier alpha value is 0.170. The van der Waals surface area contributed by atoms with Crippen LogP contribution in [-0.2, 0) is 0 Å². The predicted octanol–water partition coefficient (Wildman–Crippen LogP) is 7.25. The summed E-state index contributed by atoms with van der Waals surface area (Å²) < 4.78 is 0. The number of hydrogen-bond acceptors (Lipinski definition) is 0. The van der Waals surface area contributed by atoms with Gasteiger partial charge in [0.2, 0.25) is 0 Å². The molecule has 0 saturated heterocycles. The van der Waals surface area contributed by atoms with Crippen LogP contribution in [0.25, 0.3) is 0 Å². The lowest BCUT2D eigenvalue weighted by Gasteiger charge is -2.02. The third-order valence-corrected chi connectivity index (χ3v) is 4.13. The van der Waals surface area contributed by atoms with Crippen molar-refractivity contribution in [2.24, 2.45) is 0 Å². The van der Waals surface area contributed by atoms with Gasteiger partial charge in [-0.2, -0.15) is 0 Å². The molecular weight excluding hydrogens is 247 g/mol. The lowest BCUT2D eigenvalue weighted by molar-refractivity contribution is 0.536. The Morgan fingerprint density at radius 1 is 0.579 bits per heavy atom. The molecule has 0 spiro atoms. The van der Waals surface area contributed by atoms with E-state index in [9.17, 15) is 0 Å². The molecule has 0 amide bonds. The molecule has 1 heteroatoms. The van der Waals surface area contributed by atoms with Crippen molar-refractivity contribution in [3.63, 3.8) is 0 Å². The maximum Gasteiger partial charge on any atom is -0.0347 e. The maximum atomic E-state index is 2.65. The quantitative estimate of drug-likeness (QED) is 0.219. The highest BCUT2D eigenvalue weighted by molar-refractivity contribution is 7.20. The van der Waals surface area contributed by atoms with E-state index in [2.05, 4.69) is 28.1 Å². The molecule has 0 fully saturated rings. The van der Waals surface area contributed by atoms with Crippen LogP contribution in [0.4, 0.5) is 0 Å². The van der Waals surface area contributed by atoms with Crippen molar-refractivity contribution < 1.29 is 0 Å². The Morgan fingerprint density at radius 3 is 1.32 bits per heavy atom. The van der Waals surface area contributed by atoms with Crippen molar-refractivity contribution in [3.05, 3.63) is 11.9 Å². The fourth-order valence-corrected chi connectivity index (χ4v) is 2.75. The van der Waals surface area contributed by atoms with Gasteiger partial charge in [0.1, 0.15) is 0 Å². The third kappa shape index (κ3) is 18.2. The normalized spacial score (nSPS) is 11.5. The SMILES string of the molecule is CCCCCCCCCCCCCCCC/C=C/P. The smallest absolute Gasteiger partial charge is 0.0347 e. The van der Waals surface area contributed by atoms with Gasteiger partial charge in [0, 0.05) is 0 Å². The molecule has 0 nitrogen and oxygen atoms in total. The molecule has 114 valence electrons. The van der Waals surface area contributed by atoms with Gasteiger partial charge in [0.15, 0.2) is 0 Å². The van der Waals surface area contributed by atoms with E-state index in [1.807, 2.05) is 0 Å². The minimum atomic E-state index is 1.27.